The molecular formula is C24H23FN2O3. The Morgan fingerprint density at radius 2 is 1.70 bits per heavy atom. The van der Waals surface area contributed by atoms with Gasteiger partial charge in [-0.15, -0.1) is 0 Å². The molecule has 3 aromatic carbocycles. The van der Waals surface area contributed by atoms with Crippen molar-refractivity contribution in [2.24, 2.45) is 4.99 Å². The Kier molecular flexibility index (Phi) is 5.68. The van der Waals surface area contributed by atoms with Crippen LogP contribution in [0.25, 0.3) is 0 Å². The topological polar surface area (TPSA) is 63.1 Å². The van der Waals surface area contributed by atoms with Crippen LogP contribution in [-0.4, -0.2) is 25.0 Å². The Hall–Kier alpha value is -3.38. The third kappa shape index (κ3) is 4.00. The third-order valence-corrected chi connectivity index (χ3v) is 5.26. The lowest BCUT2D eigenvalue weighted by Gasteiger charge is -2.31. The van der Waals surface area contributed by atoms with E-state index in [4.69, 9.17) is 14.5 Å². The van der Waals surface area contributed by atoms with Crippen LogP contribution in [0, 0.1) is 5.82 Å². The van der Waals surface area contributed by atoms with E-state index in [9.17, 15) is 9.50 Å². The summed E-state index contributed by atoms with van der Waals surface area (Å²) in [7, 11) is 3.19. The van der Waals surface area contributed by atoms with Gasteiger partial charge in [-0.05, 0) is 47.5 Å². The van der Waals surface area contributed by atoms with E-state index in [1.54, 1.807) is 38.5 Å². The van der Waals surface area contributed by atoms with Gasteiger partial charge in [0.1, 0.15) is 17.7 Å². The summed E-state index contributed by atoms with van der Waals surface area (Å²) in [6.07, 6.45) is 0.192. The lowest BCUT2D eigenvalue weighted by Crippen LogP contribution is -2.33. The van der Waals surface area contributed by atoms with Crippen molar-refractivity contribution in [1.82, 2.24) is 5.32 Å². The van der Waals surface area contributed by atoms with Gasteiger partial charge < -0.3 is 14.6 Å². The molecule has 0 fully saturated rings. The molecule has 2 N–H and O–H groups in total. The lowest BCUT2D eigenvalue weighted by molar-refractivity contribution is 0.355. The van der Waals surface area contributed by atoms with Crippen LogP contribution < -0.4 is 14.8 Å². The molecule has 2 unspecified atom stereocenters. The Labute approximate surface area is 174 Å². The predicted molar refractivity (Wildman–Crippen MR) is 114 cm³/mol. The van der Waals surface area contributed by atoms with Crippen LogP contribution in [0.1, 0.15) is 35.3 Å². The van der Waals surface area contributed by atoms with Crippen LogP contribution in [-0.2, 0) is 0 Å². The number of phenolic OH excluding ortho intramolecular Hbond substituents is 1. The maximum absolute atomic E-state index is 13.4. The Morgan fingerprint density at radius 3 is 2.40 bits per heavy atom. The normalized spacial score (nSPS) is 18.6. The number of nitrogens with one attached hydrogen (secondary N) is 1. The molecule has 0 aliphatic carbocycles. The molecule has 0 saturated heterocycles. The molecule has 0 bridgehead atoms. The zero-order valence-corrected chi connectivity index (χ0v) is 16.8. The van der Waals surface area contributed by atoms with Crippen molar-refractivity contribution >= 4 is 5.71 Å². The molecule has 1 heterocycles. The van der Waals surface area contributed by atoms with Crippen LogP contribution in [0.5, 0.6) is 17.2 Å². The average Bonchev–Trinajstić information content (AvgIpc) is 2.79. The number of ether oxygens (including phenoxy) is 2. The fraction of sp³-hybridized carbons (Fsp3) is 0.208. The molecule has 4 rings (SSSR count). The Bertz CT molecular complexity index is 1070. The molecule has 0 saturated carbocycles. The second-order valence-electron chi connectivity index (χ2n) is 7.08. The van der Waals surface area contributed by atoms with Gasteiger partial charge in [-0.1, -0.05) is 30.3 Å². The highest BCUT2D eigenvalue weighted by Crippen LogP contribution is 2.36. The van der Waals surface area contributed by atoms with Crippen LogP contribution in [0.4, 0.5) is 4.39 Å². The highest BCUT2D eigenvalue weighted by Gasteiger charge is 2.28. The number of nitrogens with zero attached hydrogens (tertiary/aromatic N) is 1. The summed E-state index contributed by atoms with van der Waals surface area (Å²) in [5, 5.41) is 13.9. The van der Waals surface area contributed by atoms with E-state index in [0.717, 1.165) is 22.4 Å². The number of rotatable bonds is 5. The van der Waals surface area contributed by atoms with Gasteiger partial charge in [0.05, 0.1) is 14.2 Å². The Morgan fingerprint density at radius 1 is 0.967 bits per heavy atom. The van der Waals surface area contributed by atoms with Crippen molar-refractivity contribution in [1.29, 1.82) is 0 Å². The molecule has 0 amide bonds. The summed E-state index contributed by atoms with van der Waals surface area (Å²) in [4.78, 5) is 4.89. The van der Waals surface area contributed by atoms with E-state index in [2.05, 4.69) is 5.32 Å². The average molecular weight is 406 g/mol. The van der Waals surface area contributed by atoms with Crippen molar-refractivity contribution in [2.45, 2.75) is 18.6 Å². The molecule has 3 aromatic rings. The Balaban J connectivity index is 1.77. The molecule has 1 aliphatic rings. The molecule has 30 heavy (non-hydrogen) atoms. The standard InChI is InChI=1S/C24H23FN2O3/c1-29-22-12-9-16(13-23(22)30-2)19-14-20(18-5-3-4-6-21(18)28)27-24(26-19)15-7-10-17(25)11-8-15/h3-13,20,24,27-28H,14H2,1-2H3. The minimum atomic E-state index is -0.382. The molecule has 6 heteroatoms. The van der Waals surface area contributed by atoms with E-state index < -0.39 is 0 Å². The summed E-state index contributed by atoms with van der Waals surface area (Å²) < 4.78 is 24.2. The number of phenols is 1. The van der Waals surface area contributed by atoms with Gasteiger partial charge in [0, 0.05) is 23.7 Å². The number of methoxy groups -OCH3 is 2. The second-order valence-corrected chi connectivity index (χ2v) is 7.08. The molecule has 0 aromatic heterocycles. The van der Waals surface area contributed by atoms with E-state index >= 15 is 0 Å². The van der Waals surface area contributed by atoms with Crippen molar-refractivity contribution in [2.75, 3.05) is 14.2 Å². The number of benzene rings is 3. The van der Waals surface area contributed by atoms with Crippen molar-refractivity contribution in [3.63, 3.8) is 0 Å². The first-order chi connectivity index (χ1) is 14.6. The summed E-state index contributed by atoms with van der Waals surface area (Å²) in [5.41, 5.74) is 3.39. The second kappa shape index (κ2) is 8.55. The fourth-order valence-corrected chi connectivity index (χ4v) is 3.69. The number of para-hydroxylation sites is 1. The number of aliphatic imine (C=N–C) groups is 1. The molecular weight excluding hydrogens is 383 g/mol. The first-order valence-corrected chi connectivity index (χ1v) is 9.67. The van der Waals surface area contributed by atoms with Crippen LogP contribution in [0.15, 0.2) is 71.7 Å². The maximum Gasteiger partial charge on any atom is 0.161 e. The van der Waals surface area contributed by atoms with Gasteiger partial charge in [-0.2, -0.15) is 0 Å². The monoisotopic (exact) mass is 406 g/mol. The van der Waals surface area contributed by atoms with Crippen molar-refractivity contribution in [3.8, 4) is 17.2 Å². The van der Waals surface area contributed by atoms with Crippen molar-refractivity contribution < 1.29 is 19.0 Å². The predicted octanol–water partition coefficient (Wildman–Crippen LogP) is 4.77. The van der Waals surface area contributed by atoms with Crippen LogP contribution in [0.3, 0.4) is 0 Å². The number of halogens is 1. The van der Waals surface area contributed by atoms with Gasteiger partial charge >= 0.3 is 0 Å². The SMILES string of the molecule is COc1ccc(C2=NC(c3ccc(F)cc3)NC(c3ccccc3O)C2)cc1OC. The molecule has 0 radical (unpaired) electrons. The summed E-state index contributed by atoms with van der Waals surface area (Å²) >= 11 is 0. The first kappa shape index (κ1) is 19.9. The zero-order valence-electron chi connectivity index (χ0n) is 16.8. The first-order valence-electron chi connectivity index (χ1n) is 9.67. The number of aromatic hydroxyl groups is 1. The fourth-order valence-electron chi connectivity index (χ4n) is 3.69. The van der Waals surface area contributed by atoms with Gasteiger partial charge in [0.15, 0.2) is 11.5 Å². The van der Waals surface area contributed by atoms with Gasteiger partial charge in [-0.3, -0.25) is 10.3 Å². The molecule has 1 aliphatic heterocycles. The smallest absolute Gasteiger partial charge is 0.161 e. The highest BCUT2D eigenvalue weighted by molar-refractivity contribution is 6.02. The highest BCUT2D eigenvalue weighted by atomic mass is 19.1. The van der Waals surface area contributed by atoms with Crippen LogP contribution >= 0.6 is 0 Å². The van der Waals surface area contributed by atoms with Crippen LogP contribution in [0.2, 0.25) is 0 Å². The molecule has 0 spiro atoms. The molecule has 154 valence electrons. The van der Waals surface area contributed by atoms with E-state index in [0.29, 0.717) is 17.9 Å². The summed E-state index contributed by atoms with van der Waals surface area (Å²) in [6.45, 7) is 0. The summed E-state index contributed by atoms with van der Waals surface area (Å²) in [5.74, 6) is 1.19. The largest absolute Gasteiger partial charge is 0.508 e. The minimum absolute atomic E-state index is 0.165. The van der Waals surface area contributed by atoms with Gasteiger partial charge in [0.25, 0.3) is 0 Å². The van der Waals surface area contributed by atoms with Gasteiger partial charge in [-0.25, -0.2) is 4.39 Å². The minimum Gasteiger partial charge on any atom is -0.508 e. The lowest BCUT2D eigenvalue weighted by atomic mass is 9.93. The number of hydrogen-bond acceptors (Lipinski definition) is 5. The zero-order chi connectivity index (χ0) is 21.1. The summed E-state index contributed by atoms with van der Waals surface area (Å²) in [6, 6.07) is 19.1. The van der Waals surface area contributed by atoms with E-state index in [1.165, 1.54) is 12.1 Å². The number of hydrogen-bond donors (Lipinski definition) is 2. The van der Waals surface area contributed by atoms with E-state index in [1.807, 2.05) is 30.3 Å². The van der Waals surface area contributed by atoms with E-state index in [-0.39, 0.29) is 23.8 Å². The quantitative estimate of drug-likeness (QED) is 0.641. The van der Waals surface area contributed by atoms with Gasteiger partial charge in [0.2, 0.25) is 0 Å². The maximum atomic E-state index is 13.4. The molecule has 2 atom stereocenters. The molecule has 5 nitrogen and oxygen atoms in total. The van der Waals surface area contributed by atoms with Crippen molar-refractivity contribution in [3.05, 3.63) is 89.2 Å². The third-order valence-electron chi connectivity index (χ3n) is 5.26.